The van der Waals surface area contributed by atoms with Gasteiger partial charge in [-0.15, -0.1) is 11.3 Å². The Morgan fingerprint density at radius 2 is 2.26 bits per heavy atom. The van der Waals surface area contributed by atoms with Gasteiger partial charge in [-0.05, 0) is 53.8 Å². The number of carbonyl (C=O) groups is 1. The Kier molecular flexibility index (Phi) is 2.60. The first-order valence-corrected chi connectivity index (χ1v) is 7.69. The Hall–Kier alpha value is -1.39. The largest absolute Gasteiger partial charge is 0.349 e. The fraction of sp³-hybridized carbons (Fsp3) is 0.400. The van der Waals surface area contributed by atoms with Crippen molar-refractivity contribution < 1.29 is 4.79 Å². The van der Waals surface area contributed by atoms with Gasteiger partial charge in [0.15, 0.2) is 0 Å². The highest BCUT2D eigenvalue weighted by Gasteiger charge is 2.40. The van der Waals surface area contributed by atoms with Gasteiger partial charge in [0, 0.05) is 28.9 Å². The number of amides is 1. The zero-order chi connectivity index (χ0) is 12.8. The summed E-state index contributed by atoms with van der Waals surface area (Å²) in [5.74, 6) is 0.699. The Morgan fingerprint density at radius 3 is 3.05 bits per heavy atom. The van der Waals surface area contributed by atoms with Gasteiger partial charge in [-0.2, -0.15) is 0 Å². The second kappa shape index (κ2) is 4.32. The molecule has 1 amide bonds. The number of nitrogens with one attached hydrogen (secondary N) is 2. The van der Waals surface area contributed by atoms with Crippen LogP contribution in [0.2, 0.25) is 0 Å². The molecular weight excluding hydrogens is 256 g/mol. The van der Waals surface area contributed by atoms with Crippen LogP contribution in [0, 0.1) is 5.92 Å². The van der Waals surface area contributed by atoms with Crippen LogP contribution in [0.15, 0.2) is 29.6 Å². The van der Waals surface area contributed by atoms with Gasteiger partial charge in [0.05, 0.1) is 0 Å². The third-order valence-corrected chi connectivity index (χ3v) is 5.29. The number of hydrogen-bond acceptors (Lipinski definition) is 3. The lowest BCUT2D eigenvalue weighted by Crippen LogP contribution is -2.44. The normalized spacial score (nSPS) is 28.9. The number of hydrogen-bond donors (Lipinski definition) is 2. The molecule has 0 radical (unpaired) electrons. The van der Waals surface area contributed by atoms with Crippen LogP contribution in [0.25, 0.3) is 10.1 Å². The van der Waals surface area contributed by atoms with E-state index >= 15 is 0 Å². The van der Waals surface area contributed by atoms with E-state index in [1.165, 1.54) is 11.1 Å². The fourth-order valence-electron chi connectivity index (χ4n) is 3.37. The monoisotopic (exact) mass is 272 g/mol. The van der Waals surface area contributed by atoms with E-state index in [0.717, 1.165) is 23.9 Å². The quantitative estimate of drug-likeness (QED) is 0.881. The van der Waals surface area contributed by atoms with Crippen molar-refractivity contribution in [2.75, 3.05) is 6.54 Å². The molecule has 2 aromatic rings. The van der Waals surface area contributed by atoms with Crippen LogP contribution in [-0.4, -0.2) is 24.5 Å². The molecule has 1 aromatic heterocycles. The first-order chi connectivity index (χ1) is 9.29. The molecule has 1 aromatic carbocycles. The Morgan fingerprint density at radius 1 is 1.32 bits per heavy atom. The summed E-state index contributed by atoms with van der Waals surface area (Å²) in [4.78, 5) is 12.3. The van der Waals surface area contributed by atoms with E-state index in [4.69, 9.17) is 0 Å². The molecule has 1 saturated heterocycles. The summed E-state index contributed by atoms with van der Waals surface area (Å²) >= 11 is 1.71. The van der Waals surface area contributed by atoms with Crippen molar-refractivity contribution in [3.8, 4) is 0 Å². The zero-order valence-electron chi connectivity index (χ0n) is 10.6. The predicted octanol–water partition coefficient (Wildman–Crippen LogP) is 2.38. The van der Waals surface area contributed by atoms with Gasteiger partial charge in [-0.25, -0.2) is 0 Å². The van der Waals surface area contributed by atoms with Crippen LogP contribution >= 0.6 is 11.3 Å². The lowest BCUT2D eigenvalue weighted by molar-refractivity contribution is 0.0925. The molecule has 1 aliphatic carbocycles. The zero-order valence-corrected chi connectivity index (χ0v) is 11.4. The number of rotatable bonds is 2. The third-order valence-electron chi connectivity index (χ3n) is 4.39. The van der Waals surface area contributed by atoms with Crippen molar-refractivity contribution in [2.24, 2.45) is 5.92 Å². The lowest BCUT2D eigenvalue weighted by atomic mass is 10.0. The van der Waals surface area contributed by atoms with Crippen LogP contribution in [0.3, 0.4) is 0 Å². The lowest BCUT2D eigenvalue weighted by Gasteiger charge is -2.23. The predicted molar refractivity (Wildman–Crippen MR) is 77.6 cm³/mol. The van der Waals surface area contributed by atoms with Crippen molar-refractivity contribution in [3.63, 3.8) is 0 Å². The molecule has 4 rings (SSSR count). The summed E-state index contributed by atoms with van der Waals surface area (Å²) in [6.07, 6.45) is 2.30. The molecule has 2 bridgehead atoms. The molecule has 19 heavy (non-hydrogen) atoms. The number of thiophene rings is 1. The molecule has 2 N–H and O–H groups in total. The summed E-state index contributed by atoms with van der Waals surface area (Å²) < 4.78 is 1.24. The topological polar surface area (TPSA) is 41.1 Å². The SMILES string of the molecule is O=C(NC1CC2CC1CN2)c1ccc2sccc2c1. The maximum absolute atomic E-state index is 12.3. The van der Waals surface area contributed by atoms with Crippen molar-refractivity contribution in [2.45, 2.75) is 24.9 Å². The highest BCUT2D eigenvalue weighted by Crippen LogP contribution is 2.31. The molecule has 1 saturated carbocycles. The average Bonchev–Trinajstić information content (AvgIpc) is 3.13. The number of piperidine rings is 1. The molecule has 4 heteroatoms. The summed E-state index contributed by atoms with van der Waals surface area (Å²) in [6, 6.07) is 9.01. The van der Waals surface area contributed by atoms with E-state index in [9.17, 15) is 4.79 Å². The molecule has 2 heterocycles. The van der Waals surface area contributed by atoms with Crippen molar-refractivity contribution >= 4 is 27.3 Å². The fourth-order valence-corrected chi connectivity index (χ4v) is 4.14. The van der Waals surface area contributed by atoms with E-state index in [1.807, 2.05) is 18.2 Å². The van der Waals surface area contributed by atoms with E-state index in [0.29, 0.717) is 18.0 Å². The Bertz CT molecular complexity index is 636. The van der Waals surface area contributed by atoms with E-state index in [1.54, 1.807) is 11.3 Å². The minimum absolute atomic E-state index is 0.0747. The smallest absolute Gasteiger partial charge is 0.251 e. The average molecular weight is 272 g/mol. The molecule has 2 aliphatic rings. The van der Waals surface area contributed by atoms with E-state index < -0.39 is 0 Å². The Labute approximate surface area is 116 Å². The number of benzene rings is 1. The molecule has 3 atom stereocenters. The van der Waals surface area contributed by atoms with Crippen LogP contribution in [0.5, 0.6) is 0 Å². The minimum atomic E-state index is 0.0747. The Balaban J connectivity index is 1.53. The van der Waals surface area contributed by atoms with Gasteiger partial charge in [0.1, 0.15) is 0 Å². The van der Waals surface area contributed by atoms with Crippen LogP contribution < -0.4 is 10.6 Å². The van der Waals surface area contributed by atoms with Crippen molar-refractivity contribution in [1.29, 1.82) is 0 Å². The van der Waals surface area contributed by atoms with Crippen LogP contribution in [-0.2, 0) is 0 Å². The maximum atomic E-state index is 12.3. The molecule has 3 unspecified atom stereocenters. The molecule has 98 valence electrons. The maximum Gasteiger partial charge on any atom is 0.251 e. The van der Waals surface area contributed by atoms with Crippen LogP contribution in [0.1, 0.15) is 23.2 Å². The van der Waals surface area contributed by atoms with Crippen molar-refractivity contribution in [1.82, 2.24) is 10.6 Å². The standard InChI is InChI=1S/C15H16N2OS/c18-15(17-13-7-12-6-11(13)8-16-12)10-1-2-14-9(5-10)3-4-19-14/h1-5,11-13,16H,6-8H2,(H,17,18). The molecule has 2 fully saturated rings. The number of fused-ring (bicyclic) bond motifs is 3. The van der Waals surface area contributed by atoms with E-state index in [2.05, 4.69) is 22.1 Å². The first kappa shape index (κ1) is 11.4. The van der Waals surface area contributed by atoms with Gasteiger partial charge < -0.3 is 10.6 Å². The van der Waals surface area contributed by atoms with Crippen molar-refractivity contribution in [3.05, 3.63) is 35.2 Å². The molecule has 3 nitrogen and oxygen atoms in total. The summed E-state index contributed by atoms with van der Waals surface area (Å²) in [5, 5.41) is 9.90. The third kappa shape index (κ3) is 1.95. The van der Waals surface area contributed by atoms with Gasteiger partial charge >= 0.3 is 0 Å². The molecular formula is C15H16N2OS. The highest BCUT2D eigenvalue weighted by molar-refractivity contribution is 7.17. The molecule has 0 spiro atoms. The van der Waals surface area contributed by atoms with Gasteiger partial charge in [0.2, 0.25) is 0 Å². The summed E-state index contributed by atoms with van der Waals surface area (Å²) in [7, 11) is 0. The first-order valence-electron chi connectivity index (χ1n) is 6.81. The van der Waals surface area contributed by atoms with Crippen LogP contribution in [0.4, 0.5) is 0 Å². The van der Waals surface area contributed by atoms with E-state index in [-0.39, 0.29) is 5.91 Å². The van der Waals surface area contributed by atoms with Gasteiger partial charge in [-0.1, -0.05) is 0 Å². The minimum Gasteiger partial charge on any atom is -0.349 e. The second-order valence-corrected chi connectivity index (χ2v) is 6.54. The van der Waals surface area contributed by atoms with Gasteiger partial charge in [-0.3, -0.25) is 4.79 Å². The summed E-state index contributed by atoms with van der Waals surface area (Å²) in [6.45, 7) is 1.05. The summed E-state index contributed by atoms with van der Waals surface area (Å²) in [5.41, 5.74) is 0.779. The van der Waals surface area contributed by atoms with Gasteiger partial charge in [0.25, 0.3) is 5.91 Å². The number of carbonyl (C=O) groups excluding carboxylic acids is 1. The highest BCUT2D eigenvalue weighted by atomic mass is 32.1. The second-order valence-electron chi connectivity index (χ2n) is 5.59. The molecule has 1 aliphatic heterocycles.